The van der Waals surface area contributed by atoms with E-state index >= 15 is 0 Å². The first-order chi connectivity index (χ1) is 8.65. The molecule has 1 aromatic heterocycles. The number of aromatic nitrogens is 1. The zero-order valence-electron chi connectivity index (χ0n) is 9.97. The minimum atomic E-state index is -0.535. The van der Waals surface area contributed by atoms with Crippen LogP contribution in [-0.2, 0) is 19.1 Å². The Morgan fingerprint density at radius 1 is 1.61 bits per heavy atom. The summed E-state index contributed by atoms with van der Waals surface area (Å²) in [6, 6.07) is 1.57. The van der Waals surface area contributed by atoms with Crippen LogP contribution in [0.1, 0.15) is 18.6 Å². The molecule has 7 nitrogen and oxygen atoms in total. The molecule has 2 rings (SSSR count). The lowest BCUT2D eigenvalue weighted by Gasteiger charge is -2.08. The number of rotatable bonds is 4. The highest BCUT2D eigenvalue weighted by atomic mass is 16.6. The maximum absolute atomic E-state index is 11.4. The van der Waals surface area contributed by atoms with Crippen molar-refractivity contribution >= 4 is 17.7 Å². The van der Waals surface area contributed by atoms with Crippen molar-refractivity contribution in [2.75, 3.05) is 18.5 Å². The van der Waals surface area contributed by atoms with E-state index in [1.54, 1.807) is 13.0 Å². The molecule has 0 unspecified atom stereocenters. The predicted octanol–water partition coefficient (Wildman–Crippen LogP) is 0.644. The number of anilines is 1. The van der Waals surface area contributed by atoms with E-state index in [1.807, 2.05) is 0 Å². The number of amides is 1. The molecule has 0 bridgehead atoms. The Bertz CT molecular complexity index is 436. The third kappa shape index (κ3) is 3.30. The highest BCUT2D eigenvalue weighted by Gasteiger charge is 2.25. The zero-order chi connectivity index (χ0) is 13.0. The number of ether oxygens (including phenoxy) is 2. The lowest BCUT2D eigenvalue weighted by molar-refractivity contribution is -0.156. The summed E-state index contributed by atoms with van der Waals surface area (Å²) < 4.78 is 14.7. The summed E-state index contributed by atoms with van der Waals surface area (Å²) in [4.78, 5) is 22.9. The number of esters is 1. The molecular formula is C11H14N2O5. The van der Waals surface area contributed by atoms with E-state index in [-0.39, 0.29) is 6.61 Å². The molecule has 2 heterocycles. The van der Waals surface area contributed by atoms with E-state index in [0.717, 1.165) is 6.42 Å². The van der Waals surface area contributed by atoms with Gasteiger partial charge in [-0.25, -0.2) is 4.79 Å². The van der Waals surface area contributed by atoms with Crippen molar-refractivity contribution in [2.45, 2.75) is 25.9 Å². The number of nitrogens with zero attached hydrogens (tertiary/aromatic N) is 1. The van der Waals surface area contributed by atoms with Crippen LogP contribution in [0.3, 0.4) is 0 Å². The van der Waals surface area contributed by atoms with Gasteiger partial charge in [-0.2, -0.15) is 0 Å². The van der Waals surface area contributed by atoms with E-state index < -0.39 is 18.0 Å². The van der Waals surface area contributed by atoms with Crippen molar-refractivity contribution < 1.29 is 23.6 Å². The van der Waals surface area contributed by atoms with Gasteiger partial charge in [0.25, 0.3) is 5.91 Å². The Morgan fingerprint density at radius 2 is 2.44 bits per heavy atom. The first-order valence-electron chi connectivity index (χ1n) is 5.66. The molecule has 0 aliphatic carbocycles. The number of hydrogen-bond acceptors (Lipinski definition) is 6. The van der Waals surface area contributed by atoms with Gasteiger partial charge in [-0.3, -0.25) is 4.79 Å². The van der Waals surface area contributed by atoms with Crippen molar-refractivity contribution in [3.63, 3.8) is 0 Å². The van der Waals surface area contributed by atoms with Crippen LogP contribution in [0.5, 0.6) is 0 Å². The van der Waals surface area contributed by atoms with E-state index in [1.165, 1.54) is 0 Å². The second-order valence-corrected chi connectivity index (χ2v) is 3.98. The molecule has 1 aliphatic heterocycles. The Hall–Kier alpha value is -1.89. The van der Waals surface area contributed by atoms with Crippen molar-refractivity contribution in [1.29, 1.82) is 0 Å². The summed E-state index contributed by atoms with van der Waals surface area (Å²) in [6.07, 6.45) is 0.944. The van der Waals surface area contributed by atoms with Crippen LogP contribution in [0.15, 0.2) is 10.6 Å². The molecule has 1 aliphatic rings. The lowest BCUT2D eigenvalue weighted by Crippen LogP contribution is -2.27. The molecule has 0 aromatic carbocycles. The zero-order valence-corrected chi connectivity index (χ0v) is 9.97. The highest BCUT2D eigenvalue weighted by Crippen LogP contribution is 2.13. The molecule has 18 heavy (non-hydrogen) atoms. The second-order valence-electron chi connectivity index (χ2n) is 3.98. The monoisotopic (exact) mass is 254 g/mol. The number of nitrogens with one attached hydrogen (secondary N) is 1. The minimum Gasteiger partial charge on any atom is -0.454 e. The lowest BCUT2D eigenvalue weighted by atomic mass is 10.2. The van der Waals surface area contributed by atoms with Crippen LogP contribution >= 0.6 is 0 Å². The molecule has 1 aromatic rings. The molecule has 98 valence electrons. The third-order valence-corrected chi connectivity index (χ3v) is 2.43. The highest BCUT2D eigenvalue weighted by molar-refractivity contribution is 5.92. The molecular weight excluding hydrogens is 240 g/mol. The van der Waals surface area contributed by atoms with Crippen molar-refractivity contribution in [1.82, 2.24) is 5.16 Å². The van der Waals surface area contributed by atoms with E-state index in [9.17, 15) is 9.59 Å². The van der Waals surface area contributed by atoms with Crippen molar-refractivity contribution in [2.24, 2.45) is 0 Å². The Balaban J connectivity index is 1.72. The predicted molar refractivity (Wildman–Crippen MR) is 59.8 cm³/mol. The molecule has 7 heteroatoms. The Kier molecular flexibility index (Phi) is 3.93. The fourth-order valence-corrected chi connectivity index (χ4v) is 1.60. The van der Waals surface area contributed by atoms with Gasteiger partial charge in [0.15, 0.2) is 18.5 Å². The standard InChI is InChI=1S/C11H14N2O5/c1-7-5-9(13-18-7)12-10(14)6-17-11(15)8-3-2-4-16-8/h5,8H,2-4,6H2,1H3,(H,12,13,14)/t8-/m0/s1. The van der Waals surface area contributed by atoms with E-state index in [0.29, 0.717) is 24.6 Å². The van der Waals surface area contributed by atoms with Gasteiger partial charge in [-0.1, -0.05) is 5.16 Å². The Morgan fingerprint density at radius 3 is 3.06 bits per heavy atom. The normalized spacial score (nSPS) is 18.6. The van der Waals surface area contributed by atoms with Gasteiger partial charge in [0, 0.05) is 12.7 Å². The molecule has 0 saturated carbocycles. The van der Waals surface area contributed by atoms with Crippen LogP contribution in [0, 0.1) is 6.92 Å². The number of carbonyl (C=O) groups excluding carboxylic acids is 2. The molecule has 1 N–H and O–H groups in total. The molecule has 1 atom stereocenters. The average molecular weight is 254 g/mol. The van der Waals surface area contributed by atoms with Gasteiger partial charge in [0.05, 0.1) is 0 Å². The van der Waals surface area contributed by atoms with E-state index in [2.05, 4.69) is 10.5 Å². The van der Waals surface area contributed by atoms with Gasteiger partial charge in [-0.15, -0.1) is 0 Å². The van der Waals surface area contributed by atoms with Crippen LogP contribution in [-0.4, -0.2) is 36.4 Å². The molecule has 0 radical (unpaired) electrons. The van der Waals surface area contributed by atoms with Gasteiger partial charge in [0.1, 0.15) is 5.76 Å². The fourth-order valence-electron chi connectivity index (χ4n) is 1.60. The quantitative estimate of drug-likeness (QED) is 0.793. The molecule has 1 amide bonds. The van der Waals surface area contributed by atoms with Crippen molar-refractivity contribution in [3.05, 3.63) is 11.8 Å². The maximum atomic E-state index is 11.4. The fraction of sp³-hybridized carbons (Fsp3) is 0.545. The molecule has 0 spiro atoms. The minimum absolute atomic E-state index is 0.297. The van der Waals surface area contributed by atoms with Crippen LogP contribution in [0.4, 0.5) is 5.82 Å². The van der Waals surface area contributed by atoms with E-state index in [4.69, 9.17) is 14.0 Å². The summed E-state index contributed by atoms with van der Waals surface area (Å²) in [7, 11) is 0. The number of carbonyl (C=O) groups is 2. The molecule has 1 saturated heterocycles. The van der Waals surface area contributed by atoms with Crippen LogP contribution < -0.4 is 5.32 Å². The summed E-state index contributed by atoms with van der Waals surface area (Å²) in [5, 5.41) is 6.04. The molecule has 1 fully saturated rings. The summed E-state index contributed by atoms with van der Waals surface area (Å²) in [5.41, 5.74) is 0. The van der Waals surface area contributed by atoms with Gasteiger partial charge in [-0.05, 0) is 19.8 Å². The van der Waals surface area contributed by atoms with Gasteiger partial charge in [0.2, 0.25) is 0 Å². The van der Waals surface area contributed by atoms with Gasteiger partial charge >= 0.3 is 5.97 Å². The Labute approximate surface area is 103 Å². The largest absolute Gasteiger partial charge is 0.454 e. The number of hydrogen-bond donors (Lipinski definition) is 1. The first-order valence-corrected chi connectivity index (χ1v) is 5.66. The SMILES string of the molecule is Cc1cc(NC(=O)COC(=O)[C@@H]2CCCO2)no1. The smallest absolute Gasteiger partial charge is 0.335 e. The van der Waals surface area contributed by atoms with Crippen molar-refractivity contribution in [3.8, 4) is 0 Å². The maximum Gasteiger partial charge on any atom is 0.335 e. The number of aryl methyl sites for hydroxylation is 1. The third-order valence-electron chi connectivity index (χ3n) is 2.43. The second kappa shape index (κ2) is 5.63. The van der Waals surface area contributed by atoms with Crippen LogP contribution in [0.25, 0.3) is 0 Å². The summed E-state index contributed by atoms with van der Waals surface area (Å²) in [5.74, 6) is -0.0825. The summed E-state index contributed by atoms with van der Waals surface area (Å²) in [6.45, 7) is 1.91. The topological polar surface area (TPSA) is 90.7 Å². The first kappa shape index (κ1) is 12.6. The summed E-state index contributed by atoms with van der Waals surface area (Å²) >= 11 is 0. The van der Waals surface area contributed by atoms with Crippen LogP contribution in [0.2, 0.25) is 0 Å². The van der Waals surface area contributed by atoms with Gasteiger partial charge < -0.3 is 19.3 Å². The average Bonchev–Trinajstić information content (AvgIpc) is 2.97.